The van der Waals surface area contributed by atoms with Crippen LogP contribution in [0.1, 0.15) is 26.0 Å². The Morgan fingerprint density at radius 3 is 2.58 bits per heavy atom. The molecule has 0 unspecified atom stereocenters. The van der Waals surface area contributed by atoms with E-state index in [9.17, 15) is 0 Å². The smallest absolute Gasteiger partial charge is 0.181 e. The van der Waals surface area contributed by atoms with E-state index in [1.54, 1.807) is 0 Å². The van der Waals surface area contributed by atoms with Gasteiger partial charge in [0.15, 0.2) is 11.9 Å². The van der Waals surface area contributed by atoms with Gasteiger partial charge in [0.1, 0.15) is 6.54 Å². The van der Waals surface area contributed by atoms with Crippen LogP contribution in [0.5, 0.6) is 0 Å². The lowest BCUT2D eigenvalue weighted by Gasteiger charge is -1.98. The van der Waals surface area contributed by atoms with Gasteiger partial charge in [0, 0.05) is 18.6 Å². The number of halogens is 1. The fourth-order valence-corrected chi connectivity index (χ4v) is 1.30. The van der Waals surface area contributed by atoms with E-state index in [0.717, 1.165) is 6.54 Å². The minimum Gasteiger partial charge on any atom is -1.00 e. The number of rotatable bonds is 3. The Balaban J connectivity index is 0.00000121. The topological polar surface area (TPSA) is 3.88 Å². The average Bonchev–Trinajstić information content (AvgIpc) is 2.06. The Morgan fingerprint density at radius 1 is 1.25 bits per heavy atom. The third-order valence-electron chi connectivity index (χ3n) is 1.88. The Morgan fingerprint density at radius 2 is 2.00 bits per heavy atom. The number of aromatic nitrogens is 1. The second-order valence-corrected chi connectivity index (χ2v) is 2.73. The highest BCUT2D eigenvalue weighted by Gasteiger charge is 2.03. The van der Waals surface area contributed by atoms with Crippen molar-refractivity contribution in [2.75, 3.05) is 0 Å². The van der Waals surface area contributed by atoms with Gasteiger partial charge in [-0.1, -0.05) is 13.0 Å². The third kappa shape index (κ3) is 3.09. The molecule has 0 atom stereocenters. The molecule has 0 aliphatic heterocycles. The molecule has 12 heavy (non-hydrogen) atoms. The summed E-state index contributed by atoms with van der Waals surface area (Å²) >= 11 is 0. The van der Waals surface area contributed by atoms with Crippen molar-refractivity contribution in [1.82, 2.24) is 0 Å². The van der Waals surface area contributed by atoms with Crippen LogP contribution in [0.15, 0.2) is 24.4 Å². The summed E-state index contributed by atoms with van der Waals surface area (Å²) in [5.74, 6) is 0. The summed E-state index contributed by atoms with van der Waals surface area (Å²) in [5.41, 5.74) is 1.44. The molecule has 1 aromatic rings. The largest absolute Gasteiger partial charge is 1.00 e. The maximum Gasteiger partial charge on any atom is 0.181 e. The van der Waals surface area contributed by atoms with Gasteiger partial charge in [0.05, 0.1) is 0 Å². The lowest BCUT2D eigenvalue weighted by atomic mass is 10.2. The second-order valence-electron chi connectivity index (χ2n) is 2.73. The minimum absolute atomic E-state index is 0. The minimum atomic E-state index is 0. The molecule has 0 radical (unpaired) electrons. The van der Waals surface area contributed by atoms with Crippen LogP contribution >= 0.6 is 0 Å². The van der Waals surface area contributed by atoms with Crippen LogP contribution in [0.4, 0.5) is 0 Å². The fourth-order valence-electron chi connectivity index (χ4n) is 1.30. The summed E-state index contributed by atoms with van der Waals surface area (Å²) in [7, 11) is 0. The monoisotopic (exact) mass is 277 g/mol. The zero-order chi connectivity index (χ0) is 8.10. The highest BCUT2D eigenvalue weighted by Crippen LogP contribution is 1.95. The molecule has 0 aliphatic carbocycles. The zero-order valence-corrected chi connectivity index (χ0v) is 9.91. The first-order valence-electron chi connectivity index (χ1n) is 4.35. The molecule has 0 aliphatic rings. The molecule has 2 heteroatoms. The van der Waals surface area contributed by atoms with Gasteiger partial charge >= 0.3 is 0 Å². The molecule has 0 spiro atoms. The normalized spacial score (nSPS) is 9.17. The number of aryl methyl sites for hydroxylation is 2. The Labute approximate surface area is 91.8 Å². The molecule has 1 rings (SSSR count). The van der Waals surface area contributed by atoms with Gasteiger partial charge in [-0.25, -0.2) is 4.57 Å². The Kier molecular flexibility index (Phi) is 6.34. The van der Waals surface area contributed by atoms with Crippen molar-refractivity contribution in [3.63, 3.8) is 0 Å². The highest BCUT2D eigenvalue weighted by molar-refractivity contribution is 4.96. The molecule has 1 nitrogen and oxygen atoms in total. The first-order valence-corrected chi connectivity index (χ1v) is 4.35. The number of nitrogens with zero attached hydrogens (tertiary/aromatic N) is 1. The van der Waals surface area contributed by atoms with E-state index in [0.29, 0.717) is 0 Å². The molecule has 0 saturated heterocycles. The Hall–Kier alpha value is -0.120. The van der Waals surface area contributed by atoms with Crippen molar-refractivity contribution in [3.8, 4) is 0 Å². The molecular formula is C10H16IN. The van der Waals surface area contributed by atoms with Gasteiger partial charge in [0.2, 0.25) is 0 Å². The summed E-state index contributed by atoms with van der Waals surface area (Å²) in [6.45, 7) is 5.47. The van der Waals surface area contributed by atoms with Gasteiger partial charge in [0.25, 0.3) is 0 Å². The predicted octanol–water partition coefficient (Wildman–Crippen LogP) is -1.05. The molecule has 0 saturated carbocycles. The van der Waals surface area contributed by atoms with Crippen molar-refractivity contribution in [2.24, 2.45) is 0 Å². The lowest BCUT2D eigenvalue weighted by Crippen LogP contribution is -3.00. The van der Waals surface area contributed by atoms with Gasteiger partial charge in [-0.05, 0) is 13.3 Å². The maximum absolute atomic E-state index is 2.30. The van der Waals surface area contributed by atoms with E-state index < -0.39 is 0 Å². The summed E-state index contributed by atoms with van der Waals surface area (Å²) in [4.78, 5) is 0. The molecular weight excluding hydrogens is 261 g/mol. The standard InChI is InChI=1S/C10H16N.HI/c1-3-7-10-8-5-6-9-11(10)4-2;/h5-6,8-9H,3-4,7H2,1-2H3;1H/q+1;/p-1. The van der Waals surface area contributed by atoms with Gasteiger partial charge < -0.3 is 24.0 Å². The maximum atomic E-state index is 2.30. The third-order valence-corrected chi connectivity index (χ3v) is 1.88. The van der Waals surface area contributed by atoms with Crippen molar-refractivity contribution < 1.29 is 28.5 Å². The van der Waals surface area contributed by atoms with Crippen LogP contribution in [0.3, 0.4) is 0 Å². The first-order chi connectivity index (χ1) is 5.38. The molecule has 0 aromatic carbocycles. The van der Waals surface area contributed by atoms with Crippen LogP contribution in [0, 0.1) is 0 Å². The number of hydrogen-bond donors (Lipinski definition) is 0. The quantitative estimate of drug-likeness (QED) is 0.490. The van der Waals surface area contributed by atoms with Crippen molar-refractivity contribution in [3.05, 3.63) is 30.1 Å². The number of pyridine rings is 1. The second kappa shape index (κ2) is 6.40. The van der Waals surface area contributed by atoms with E-state index in [1.807, 2.05) is 0 Å². The predicted molar refractivity (Wildman–Crippen MR) is 46.3 cm³/mol. The zero-order valence-electron chi connectivity index (χ0n) is 7.76. The van der Waals surface area contributed by atoms with Gasteiger partial charge in [-0.15, -0.1) is 0 Å². The van der Waals surface area contributed by atoms with E-state index in [-0.39, 0.29) is 24.0 Å². The summed E-state index contributed by atoms with van der Waals surface area (Å²) < 4.78 is 2.30. The van der Waals surface area contributed by atoms with Crippen LogP contribution in [-0.2, 0) is 13.0 Å². The van der Waals surface area contributed by atoms with E-state index >= 15 is 0 Å². The molecule has 68 valence electrons. The van der Waals surface area contributed by atoms with Gasteiger partial charge in [-0.2, -0.15) is 0 Å². The van der Waals surface area contributed by atoms with Crippen LogP contribution in [0.25, 0.3) is 0 Å². The lowest BCUT2D eigenvalue weighted by molar-refractivity contribution is -0.700. The SMILES string of the molecule is CCCc1cccc[n+]1CC.[I-]. The van der Waals surface area contributed by atoms with Crippen LogP contribution in [-0.4, -0.2) is 0 Å². The van der Waals surface area contributed by atoms with E-state index in [2.05, 4.69) is 42.8 Å². The van der Waals surface area contributed by atoms with E-state index in [1.165, 1.54) is 18.5 Å². The van der Waals surface area contributed by atoms with E-state index in [4.69, 9.17) is 0 Å². The highest BCUT2D eigenvalue weighted by atomic mass is 127. The summed E-state index contributed by atoms with van der Waals surface area (Å²) in [6, 6.07) is 6.40. The summed E-state index contributed by atoms with van der Waals surface area (Å²) in [6.07, 6.45) is 4.56. The van der Waals surface area contributed by atoms with Crippen LogP contribution < -0.4 is 28.5 Å². The van der Waals surface area contributed by atoms with Crippen molar-refractivity contribution in [1.29, 1.82) is 0 Å². The Bertz CT molecular complexity index is 223. The number of hydrogen-bond acceptors (Lipinski definition) is 0. The van der Waals surface area contributed by atoms with Gasteiger partial charge in [-0.3, -0.25) is 0 Å². The van der Waals surface area contributed by atoms with Crippen molar-refractivity contribution in [2.45, 2.75) is 33.2 Å². The average molecular weight is 277 g/mol. The van der Waals surface area contributed by atoms with Crippen LogP contribution in [0.2, 0.25) is 0 Å². The fraction of sp³-hybridized carbons (Fsp3) is 0.500. The molecule has 0 bridgehead atoms. The molecule has 0 amide bonds. The first kappa shape index (κ1) is 11.9. The summed E-state index contributed by atoms with van der Waals surface area (Å²) in [5, 5.41) is 0. The molecule has 1 aromatic heterocycles. The molecule has 0 N–H and O–H groups in total. The molecule has 1 heterocycles. The van der Waals surface area contributed by atoms with Crippen molar-refractivity contribution >= 4 is 0 Å². The molecule has 0 fully saturated rings.